The van der Waals surface area contributed by atoms with Gasteiger partial charge < -0.3 is 11.1 Å². The van der Waals surface area contributed by atoms with Crippen molar-refractivity contribution in [2.24, 2.45) is 11.7 Å². The van der Waals surface area contributed by atoms with Gasteiger partial charge in [0.25, 0.3) is 0 Å². The third-order valence-electron chi connectivity index (χ3n) is 2.43. The first-order valence-corrected chi connectivity index (χ1v) is 6.06. The number of amides is 1. The van der Waals surface area contributed by atoms with E-state index in [4.69, 9.17) is 5.73 Å². The van der Waals surface area contributed by atoms with E-state index >= 15 is 0 Å². The molecule has 1 amide bonds. The minimum Gasteiger partial charge on any atom is -0.330 e. The number of carbonyl (C=O) groups is 1. The highest BCUT2D eigenvalue weighted by Gasteiger charge is 2.11. The molecule has 0 aliphatic carbocycles. The van der Waals surface area contributed by atoms with Crippen LogP contribution in [-0.2, 0) is 4.79 Å². The molecule has 0 bridgehead atoms. The number of anilines is 1. The van der Waals surface area contributed by atoms with E-state index in [0.29, 0.717) is 13.0 Å². The Balaban J connectivity index is 2.55. The van der Waals surface area contributed by atoms with Crippen LogP contribution in [0.4, 0.5) is 5.69 Å². The number of nitrogens with two attached hydrogens (primary N) is 1. The van der Waals surface area contributed by atoms with Crippen molar-refractivity contribution in [2.75, 3.05) is 11.9 Å². The number of rotatable bonds is 5. The average molecular weight is 286 g/mol. The summed E-state index contributed by atoms with van der Waals surface area (Å²) in [5, 5.41) is 2.83. The maximum absolute atomic E-state index is 11.7. The fourth-order valence-electron chi connectivity index (χ4n) is 1.33. The molecule has 0 saturated heterocycles. The van der Waals surface area contributed by atoms with Gasteiger partial charge in [0.2, 0.25) is 5.91 Å². The minimum absolute atomic E-state index is 0.01000. The Morgan fingerprint density at radius 2 is 2.44 bits per heavy atom. The summed E-state index contributed by atoms with van der Waals surface area (Å²) in [6.07, 6.45) is 4.67. The molecule has 4 nitrogen and oxygen atoms in total. The fraction of sp³-hybridized carbons (Fsp3) is 0.455. The summed E-state index contributed by atoms with van der Waals surface area (Å²) in [5.74, 6) is 0.241. The van der Waals surface area contributed by atoms with Crippen molar-refractivity contribution in [1.82, 2.24) is 4.98 Å². The van der Waals surface area contributed by atoms with Crippen molar-refractivity contribution in [3.05, 3.63) is 22.9 Å². The molecule has 0 spiro atoms. The molecule has 1 aromatic rings. The highest BCUT2D eigenvalue weighted by atomic mass is 79.9. The summed E-state index contributed by atoms with van der Waals surface area (Å²) in [4.78, 5) is 15.6. The van der Waals surface area contributed by atoms with Gasteiger partial charge in [-0.25, -0.2) is 0 Å². The number of hydrogen-bond acceptors (Lipinski definition) is 3. The predicted molar refractivity (Wildman–Crippen MR) is 68.0 cm³/mol. The van der Waals surface area contributed by atoms with Crippen molar-refractivity contribution in [1.29, 1.82) is 0 Å². The second-order valence-corrected chi connectivity index (χ2v) is 4.47. The second-order valence-electron chi connectivity index (χ2n) is 3.62. The molecule has 1 heterocycles. The first kappa shape index (κ1) is 13.1. The molecule has 1 rings (SSSR count). The fourth-order valence-corrected chi connectivity index (χ4v) is 1.68. The topological polar surface area (TPSA) is 68.0 Å². The van der Waals surface area contributed by atoms with Crippen molar-refractivity contribution in [3.8, 4) is 0 Å². The van der Waals surface area contributed by atoms with Gasteiger partial charge in [-0.1, -0.05) is 13.3 Å². The van der Waals surface area contributed by atoms with Crippen LogP contribution < -0.4 is 11.1 Å². The molecule has 0 saturated carbocycles. The van der Waals surface area contributed by atoms with Crippen LogP contribution >= 0.6 is 15.9 Å². The number of carbonyl (C=O) groups excluding carboxylic acids is 1. The van der Waals surface area contributed by atoms with E-state index in [9.17, 15) is 4.79 Å². The highest BCUT2D eigenvalue weighted by molar-refractivity contribution is 9.10. The molecular formula is C11H16BrN3O. The molecule has 1 aromatic heterocycles. The van der Waals surface area contributed by atoms with Crippen LogP contribution in [0.5, 0.6) is 0 Å². The van der Waals surface area contributed by atoms with Gasteiger partial charge >= 0.3 is 0 Å². The van der Waals surface area contributed by atoms with Crippen molar-refractivity contribution in [2.45, 2.75) is 19.8 Å². The second kappa shape index (κ2) is 6.60. The Kier molecular flexibility index (Phi) is 5.42. The van der Waals surface area contributed by atoms with E-state index in [2.05, 4.69) is 26.2 Å². The third kappa shape index (κ3) is 3.90. The molecule has 0 fully saturated rings. The SMILES string of the molecule is CCC(CN)CC(=O)Nc1ccncc1Br. The molecule has 3 N–H and O–H groups in total. The first-order valence-electron chi connectivity index (χ1n) is 5.26. The largest absolute Gasteiger partial charge is 0.330 e. The number of hydrogen-bond donors (Lipinski definition) is 2. The van der Waals surface area contributed by atoms with Gasteiger partial charge in [0.05, 0.1) is 10.2 Å². The van der Waals surface area contributed by atoms with Crippen molar-refractivity contribution >= 4 is 27.5 Å². The zero-order valence-electron chi connectivity index (χ0n) is 9.24. The Bertz CT molecular complexity index is 353. The minimum atomic E-state index is -0.01000. The average Bonchev–Trinajstić information content (AvgIpc) is 2.29. The normalized spacial score (nSPS) is 12.2. The lowest BCUT2D eigenvalue weighted by atomic mass is 10.0. The van der Waals surface area contributed by atoms with Crippen LogP contribution in [0.15, 0.2) is 22.9 Å². The van der Waals surface area contributed by atoms with E-state index in [1.165, 1.54) is 0 Å². The zero-order chi connectivity index (χ0) is 12.0. The predicted octanol–water partition coefficient (Wildman–Crippen LogP) is 2.16. The van der Waals surface area contributed by atoms with Gasteiger partial charge in [-0.05, 0) is 34.5 Å². The Morgan fingerprint density at radius 3 is 3.00 bits per heavy atom. The molecule has 1 unspecified atom stereocenters. The van der Waals surface area contributed by atoms with Crippen LogP contribution in [-0.4, -0.2) is 17.4 Å². The van der Waals surface area contributed by atoms with Crippen LogP contribution in [0.25, 0.3) is 0 Å². The number of pyridine rings is 1. The van der Waals surface area contributed by atoms with Crippen LogP contribution in [0.1, 0.15) is 19.8 Å². The molecule has 1 atom stereocenters. The smallest absolute Gasteiger partial charge is 0.224 e. The Labute approximate surface area is 104 Å². The molecule has 0 aliphatic heterocycles. The third-order valence-corrected chi connectivity index (χ3v) is 3.06. The molecule has 16 heavy (non-hydrogen) atoms. The summed E-state index contributed by atoms with van der Waals surface area (Å²) in [6.45, 7) is 2.58. The molecule has 5 heteroatoms. The lowest BCUT2D eigenvalue weighted by Crippen LogP contribution is -2.21. The summed E-state index contributed by atoms with van der Waals surface area (Å²) in [7, 11) is 0. The maximum atomic E-state index is 11.7. The zero-order valence-corrected chi connectivity index (χ0v) is 10.8. The van der Waals surface area contributed by atoms with E-state index in [0.717, 1.165) is 16.6 Å². The van der Waals surface area contributed by atoms with Gasteiger partial charge in [0.1, 0.15) is 0 Å². The Hall–Kier alpha value is -0.940. The molecular weight excluding hydrogens is 270 g/mol. The van der Waals surface area contributed by atoms with E-state index in [1.54, 1.807) is 18.5 Å². The highest BCUT2D eigenvalue weighted by Crippen LogP contribution is 2.20. The summed E-state index contributed by atoms with van der Waals surface area (Å²) in [6, 6.07) is 1.76. The number of aromatic nitrogens is 1. The van der Waals surface area contributed by atoms with E-state index < -0.39 is 0 Å². The Morgan fingerprint density at radius 1 is 1.69 bits per heavy atom. The summed E-state index contributed by atoms with van der Waals surface area (Å²) in [5.41, 5.74) is 6.30. The lowest BCUT2D eigenvalue weighted by molar-refractivity contribution is -0.117. The van der Waals surface area contributed by atoms with E-state index in [1.807, 2.05) is 6.92 Å². The standard InChI is InChI=1S/C11H16BrN3O/c1-2-8(6-13)5-11(16)15-10-3-4-14-7-9(10)12/h3-4,7-8H,2,5-6,13H2,1H3,(H,14,15,16). The molecule has 0 aromatic carbocycles. The lowest BCUT2D eigenvalue weighted by Gasteiger charge is -2.12. The van der Waals surface area contributed by atoms with Crippen LogP contribution in [0.2, 0.25) is 0 Å². The van der Waals surface area contributed by atoms with Gasteiger partial charge in [0, 0.05) is 18.8 Å². The van der Waals surface area contributed by atoms with Crippen LogP contribution in [0.3, 0.4) is 0 Å². The molecule has 0 aliphatic rings. The van der Waals surface area contributed by atoms with Gasteiger partial charge in [0.15, 0.2) is 0 Å². The van der Waals surface area contributed by atoms with Gasteiger partial charge in [-0.3, -0.25) is 9.78 Å². The van der Waals surface area contributed by atoms with Crippen molar-refractivity contribution in [3.63, 3.8) is 0 Å². The molecule has 88 valence electrons. The summed E-state index contributed by atoms with van der Waals surface area (Å²) < 4.78 is 0.782. The monoisotopic (exact) mass is 285 g/mol. The number of nitrogens with one attached hydrogen (secondary N) is 1. The van der Waals surface area contributed by atoms with E-state index in [-0.39, 0.29) is 11.8 Å². The quantitative estimate of drug-likeness (QED) is 0.871. The maximum Gasteiger partial charge on any atom is 0.224 e. The van der Waals surface area contributed by atoms with Gasteiger partial charge in [-0.2, -0.15) is 0 Å². The first-order chi connectivity index (χ1) is 7.67. The van der Waals surface area contributed by atoms with Crippen LogP contribution in [0, 0.1) is 5.92 Å². The van der Waals surface area contributed by atoms with Crippen molar-refractivity contribution < 1.29 is 4.79 Å². The number of nitrogens with zero attached hydrogens (tertiary/aromatic N) is 1. The molecule has 0 radical (unpaired) electrons. The van der Waals surface area contributed by atoms with Gasteiger partial charge in [-0.15, -0.1) is 0 Å². The number of halogens is 1. The summed E-state index contributed by atoms with van der Waals surface area (Å²) >= 11 is 3.32.